The summed E-state index contributed by atoms with van der Waals surface area (Å²) in [6, 6.07) is 17.9. The summed E-state index contributed by atoms with van der Waals surface area (Å²) in [5.41, 5.74) is 0.608. The van der Waals surface area contributed by atoms with Gasteiger partial charge in [-0.1, -0.05) is 11.6 Å². The van der Waals surface area contributed by atoms with Crippen LogP contribution in [0.25, 0.3) is 0 Å². The van der Waals surface area contributed by atoms with Crippen LogP contribution >= 0.6 is 11.6 Å². The fraction of sp³-hybridized carbons (Fsp3) is 0.269. The third kappa shape index (κ3) is 6.29. The van der Waals surface area contributed by atoms with Gasteiger partial charge in [0, 0.05) is 23.8 Å². The Balaban J connectivity index is 1.55. The van der Waals surface area contributed by atoms with Crippen LogP contribution in [0.15, 0.2) is 82.6 Å². The molecule has 0 spiro atoms. The Morgan fingerprint density at radius 3 is 2.05 bits per heavy atom. The van der Waals surface area contributed by atoms with E-state index >= 15 is 0 Å². The summed E-state index contributed by atoms with van der Waals surface area (Å²) in [4.78, 5) is 13.1. The minimum Gasteiger partial charge on any atom is -0.494 e. The molecule has 0 saturated carbocycles. The molecule has 9 nitrogen and oxygen atoms in total. The minimum absolute atomic E-state index is 0.0277. The smallest absolute Gasteiger partial charge is 0.264 e. The molecule has 0 bridgehead atoms. The minimum atomic E-state index is -4.13. The predicted octanol–water partition coefficient (Wildman–Crippen LogP) is 4.36. The van der Waals surface area contributed by atoms with Crippen molar-refractivity contribution in [1.82, 2.24) is 4.31 Å². The zero-order valence-electron chi connectivity index (χ0n) is 20.7. The van der Waals surface area contributed by atoms with E-state index in [4.69, 9.17) is 16.3 Å². The van der Waals surface area contributed by atoms with E-state index in [1.54, 1.807) is 24.3 Å². The SMILES string of the molecule is CCOc1ccc(N(CC(=O)Nc2ccc(S(=O)(=O)N3CCCC3)cc2)S(=O)(=O)c2ccc(Cl)cc2)cc1. The Labute approximate surface area is 228 Å². The molecule has 0 aromatic heterocycles. The third-order valence-electron chi connectivity index (χ3n) is 5.97. The number of amides is 1. The molecular formula is C26H28ClN3O6S2. The lowest BCUT2D eigenvalue weighted by atomic mass is 10.3. The molecule has 3 aromatic rings. The number of anilines is 2. The Bertz CT molecular complexity index is 1470. The van der Waals surface area contributed by atoms with Crippen molar-refractivity contribution in [2.75, 3.05) is 35.9 Å². The second-order valence-corrected chi connectivity index (χ2v) is 12.8. The van der Waals surface area contributed by atoms with Crippen molar-refractivity contribution in [1.29, 1.82) is 0 Å². The van der Waals surface area contributed by atoms with Gasteiger partial charge in [0.1, 0.15) is 12.3 Å². The molecule has 0 radical (unpaired) electrons. The second-order valence-electron chi connectivity index (χ2n) is 8.58. The molecule has 3 aromatic carbocycles. The van der Waals surface area contributed by atoms with Crippen LogP contribution in [0.4, 0.5) is 11.4 Å². The monoisotopic (exact) mass is 577 g/mol. The van der Waals surface area contributed by atoms with Gasteiger partial charge in [-0.2, -0.15) is 4.31 Å². The van der Waals surface area contributed by atoms with Gasteiger partial charge < -0.3 is 10.1 Å². The standard InChI is InChI=1S/C26H28ClN3O6S2/c1-2-36-23-11-9-22(10-12-23)30(38(34,35)25-13-5-20(27)6-14-25)19-26(31)28-21-7-15-24(16-8-21)37(32,33)29-17-3-4-18-29/h5-16H,2-4,17-19H2,1H3,(H,28,31). The van der Waals surface area contributed by atoms with Crippen molar-refractivity contribution in [3.63, 3.8) is 0 Å². The number of sulfonamides is 2. The van der Waals surface area contributed by atoms with Crippen LogP contribution in [0.5, 0.6) is 5.75 Å². The summed E-state index contributed by atoms with van der Waals surface area (Å²) in [5, 5.41) is 3.03. The molecule has 38 heavy (non-hydrogen) atoms. The van der Waals surface area contributed by atoms with E-state index in [-0.39, 0.29) is 15.5 Å². The highest BCUT2D eigenvalue weighted by molar-refractivity contribution is 7.92. The molecule has 1 N–H and O–H groups in total. The van der Waals surface area contributed by atoms with E-state index in [0.717, 1.165) is 17.1 Å². The van der Waals surface area contributed by atoms with Gasteiger partial charge in [-0.3, -0.25) is 9.10 Å². The molecule has 0 unspecified atom stereocenters. The predicted molar refractivity (Wildman–Crippen MR) is 147 cm³/mol. The second kappa shape index (κ2) is 11.7. The van der Waals surface area contributed by atoms with Crippen molar-refractivity contribution < 1.29 is 26.4 Å². The number of benzene rings is 3. The molecule has 0 atom stereocenters. The average molecular weight is 578 g/mol. The van der Waals surface area contributed by atoms with Gasteiger partial charge in [-0.15, -0.1) is 0 Å². The van der Waals surface area contributed by atoms with Gasteiger partial charge >= 0.3 is 0 Å². The lowest BCUT2D eigenvalue weighted by molar-refractivity contribution is -0.114. The topological polar surface area (TPSA) is 113 Å². The van der Waals surface area contributed by atoms with E-state index in [9.17, 15) is 21.6 Å². The zero-order chi connectivity index (χ0) is 27.3. The summed E-state index contributed by atoms with van der Waals surface area (Å²) in [7, 11) is -7.72. The van der Waals surface area contributed by atoms with Crippen LogP contribution in [-0.4, -0.2) is 53.3 Å². The van der Waals surface area contributed by atoms with E-state index < -0.39 is 32.5 Å². The largest absolute Gasteiger partial charge is 0.494 e. The summed E-state index contributed by atoms with van der Waals surface area (Å²) < 4.78 is 60.4. The van der Waals surface area contributed by atoms with E-state index in [2.05, 4.69) is 5.32 Å². The van der Waals surface area contributed by atoms with Crippen LogP contribution in [0.1, 0.15) is 19.8 Å². The number of carbonyl (C=O) groups excluding carboxylic acids is 1. The van der Waals surface area contributed by atoms with Gasteiger partial charge in [-0.05, 0) is 92.6 Å². The molecule has 1 heterocycles. The summed E-state index contributed by atoms with van der Waals surface area (Å²) >= 11 is 5.93. The quantitative estimate of drug-likeness (QED) is 0.383. The number of nitrogens with one attached hydrogen (secondary N) is 1. The molecule has 1 saturated heterocycles. The van der Waals surface area contributed by atoms with Crippen molar-refractivity contribution in [3.8, 4) is 5.75 Å². The fourth-order valence-corrected chi connectivity index (χ4v) is 7.11. The van der Waals surface area contributed by atoms with Crippen LogP contribution in [0, 0.1) is 0 Å². The molecule has 1 amide bonds. The number of rotatable bonds is 10. The Hall–Kier alpha value is -3.12. The van der Waals surface area contributed by atoms with Crippen LogP contribution in [-0.2, 0) is 24.8 Å². The average Bonchev–Trinajstić information content (AvgIpc) is 3.45. The van der Waals surface area contributed by atoms with Gasteiger partial charge in [-0.25, -0.2) is 16.8 Å². The van der Waals surface area contributed by atoms with Crippen molar-refractivity contribution in [3.05, 3.63) is 77.8 Å². The normalized spacial score (nSPS) is 14.3. The Morgan fingerprint density at radius 1 is 0.895 bits per heavy atom. The first-order valence-corrected chi connectivity index (χ1v) is 15.3. The Morgan fingerprint density at radius 2 is 1.47 bits per heavy atom. The maximum atomic E-state index is 13.5. The maximum absolute atomic E-state index is 13.5. The highest BCUT2D eigenvalue weighted by Gasteiger charge is 2.29. The highest BCUT2D eigenvalue weighted by atomic mass is 35.5. The lowest BCUT2D eigenvalue weighted by Gasteiger charge is -2.24. The van der Waals surface area contributed by atoms with Gasteiger partial charge in [0.25, 0.3) is 10.0 Å². The highest BCUT2D eigenvalue weighted by Crippen LogP contribution is 2.27. The number of hydrogen-bond donors (Lipinski definition) is 1. The zero-order valence-corrected chi connectivity index (χ0v) is 23.1. The molecule has 1 aliphatic heterocycles. The van der Waals surface area contributed by atoms with Crippen molar-refractivity contribution >= 4 is 48.9 Å². The number of halogens is 1. The molecular weight excluding hydrogens is 550 g/mol. The molecule has 4 rings (SSSR count). The van der Waals surface area contributed by atoms with Gasteiger partial charge in [0.05, 0.1) is 22.1 Å². The summed E-state index contributed by atoms with van der Waals surface area (Å²) in [6.45, 7) is 2.75. The maximum Gasteiger partial charge on any atom is 0.264 e. The van der Waals surface area contributed by atoms with Crippen LogP contribution in [0.3, 0.4) is 0 Å². The van der Waals surface area contributed by atoms with E-state index in [1.807, 2.05) is 6.92 Å². The van der Waals surface area contributed by atoms with Crippen LogP contribution in [0.2, 0.25) is 5.02 Å². The number of hydrogen-bond acceptors (Lipinski definition) is 6. The molecule has 202 valence electrons. The number of nitrogens with zero attached hydrogens (tertiary/aromatic N) is 2. The van der Waals surface area contributed by atoms with Crippen molar-refractivity contribution in [2.45, 2.75) is 29.6 Å². The number of carbonyl (C=O) groups is 1. The van der Waals surface area contributed by atoms with Crippen molar-refractivity contribution in [2.24, 2.45) is 0 Å². The molecule has 0 aliphatic carbocycles. The van der Waals surface area contributed by atoms with Gasteiger partial charge in [0.15, 0.2) is 0 Å². The fourth-order valence-electron chi connectivity index (χ4n) is 4.04. The van der Waals surface area contributed by atoms with E-state index in [0.29, 0.717) is 36.2 Å². The van der Waals surface area contributed by atoms with Gasteiger partial charge in [0.2, 0.25) is 15.9 Å². The first-order chi connectivity index (χ1) is 18.1. The third-order valence-corrected chi connectivity index (χ3v) is 9.92. The number of ether oxygens (including phenoxy) is 1. The molecule has 1 fully saturated rings. The van der Waals surface area contributed by atoms with Crippen LogP contribution < -0.4 is 14.4 Å². The Kier molecular flexibility index (Phi) is 8.61. The first kappa shape index (κ1) is 27.9. The lowest BCUT2D eigenvalue weighted by Crippen LogP contribution is -2.38. The molecule has 12 heteroatoms. The first-order valence-electron chi connectivity index (χ1n) is 12.0. The van der Waals surface area contributed by atoms with E-state index in [1.165, 1.54) is 52.8 Å². The molecule has 1 aliphatic rings. The summed E-state index contributed by atoms with van der Waals surface area (Å²) in [6.07, 6.45) is 1.66. The summed E-state index contributed by atoms with van der Waals surface area (Å²) in [5.74, 6) is -0.0416.